The van der Waals surface area contributed by atoms with Crippen molar-refractivity contribution >= 4 is 29.2 Å². The number of benzene rings is 1. The molecule has 0 aromatic heterocycles. The molecule has 3 heterocycles. The molecule has 4 amide bonds. The second-order valence-electron chi connectivity index (χ2n) is 7.59. The number of fused-ring (bicyclic) bond motifs is 4. The topological polar surface area (TPSA) is 122 Å². The predicted molar refractivity (Wildman–Crippen MR) is 96.7 cm³/mol. The number of nitro groups is 1. The zero-order valence-corrected chi connectivity index (χ0v) is 15.7. The number of rotatable bonds is 1. The smallest absolute Gasteiger partial charge is 0.330 e. The first-order valence-corrected chi connectivity index (χ1v) is 9.00. The van der Waals surface area contributed by atoms with E-state index in [1.54, 1.807) is 13.0 Å². The zero-order chi connectivity index (χ0) is 20.4. The number of hydrogen-bond acceptors (Lipinski definition) is 7. The third-order valence-corrected chi connectivity index (χ3v) is 5.86. The maximum absolute atomic E-state index is 13.3. The van der Waals surface area contributed by atoms with Crippen molar-refractivity contribution in [3.05, 3.63) is 33.9 Å². The highest BCUT2D eigenvalue weighted by Crippen LogP contribution is 2.48. The van der Waals surface area contributed by atoms with E-state index in [1.165, 1.54) is 19.2 Å². The van der Waals surface area contributed by atoms with Gasteiger partial charge in [-0.05, 0) is 25.5 Å². The maximum Gasteiger partial charge on any atom is 0.330 e. The third-order valence-electron chi connectivity index (χ3n) is 5.86. The first-order valence-electron chi connectivity index (χ1n) is 9.00. The van der Waals surface area contributed by atoms with Crippen molar-refractivity contribution in [2.45, 2.75) is 38.5 Å². The van der Waals surface area contributed by atoms with E-state index in [1.807, 2.05) is 11.8 Å². The van der Waals surface area contributed by atoms with E-state index in [-0.39, 0.29) is 18.2 Å². The van der Waals surface area contributed by atoms with Crippen molar-refractivity contribution < 1.29 is 24.0 Å². The molecule has 148 valence electrons. The van der Waals surface area contributed by atoms with Crippen molar-refractivity contribution in [1.82, 2.24) is 10.2 Å². The van der Waals surface area contributed by atoms with Crippen LogP contribution in [0.1, 0.15) is 19.4 Å². The second-order valence-corrected chi connectivity index (χ2v) is 7.59. The van der Waals surface area contributed by atoms with Crippen LogP contribution in [0.5, 0.6) is 0 Å². The lowest BCUT2D eigenvalue weighted by molar-refractivity contribution is -0.384. The van der Waals surface area contributed by atoms with Crippen LogP contribution >= 0.6 is 0 Å². The number of imide groups is 2. The zero-order valence-electron chi connectivity index (χ0n) is 15.7. The Labute approximate surface area is 160 Å². The molecular weight excluding hydrogens is 368 g/mol. The van der Waals surface area contributed by atoms with Crippen LogP contribution in [0.3, 0.4) is 0 Å². The summed E-state index contributed by atoms with van der Waals surface area (Å²) >= 11 is 0. The number of nitrogens with zero attached hydrogens (tertiary/aromatic N) is 3. The van der Waals surface area contributed by atoms with E-state index >= 15 is 0 Å². The van der Waals surface area contributed by atoms with Gasteiger partial charge in [-0.2, -0.15) is 0 Å². The summed E-state index contributed by atoms with van der Waals surface area (Å²) in [6.07, 6.45) is -0.677. The lowest BCUT2D eigenvalue weighted by Gasteiger charge is -2.56. The Balaban J connectivity index is 1.93. The summed E-state index contributed by atoms with van der Waals surface area (Å²) in [5.41, 5.74) is -0.457. The van der Waals surface area contributed by atoms with E-state index in [9.17, 15) is 24.5 Å². The summed E-state index contributed by atoms with van der Waals surface area (Å²) in [7, 11) is 1.32. The van der Waals surface area contributed by atoms with Gasteiger partial charge in [0.1, 0.15) is 0 Å². The second kappa shape index (κ2) is 5.99. The number of ether oxygens (including phenoxy) is 1. The maximum atomic E-state index is 13.3. The number of nitro benzene ring substituents is 1. The fourth-order valence-corrected chi connectivity index (χ4v) is 4.75. The molecule has 2 fully saturated rings. The average Bonchev–Trinajstić information content (AvgIpc) is 2.63. The number of nitrogens with one attached hydrogen (secondary N) is 1. The highest BCUT2D eigenvalue weighted by atomic mass is 16.6. The summed E-state index contributed by atoms with van der Waals surface area (Å²) < 4.78 is 5.93. The molecule has 0 unspecified atom stereocenters. The van der Waals surface area contributed by atoms with Gasteiger partial charge in [-0.15, -0.1) is 0 Å². The lowest BCUT2D eigenvalue weighted by Crippen LogP contribution is -2.75. The Morgan fingerprint density at radius 2 is 2.00 bits per heavy atom. The molecule has 3 aliphatic rings. The van der Waals surface area contributed by atoms with Gasteiger partial charge in [0, 0.05) is 37.8 Å². The molecule has 2 saturated heterocycles. The Morgan fingerprint density at radius 1 is 1.29 bits per heavy atom. The molecule has 1 aromatic carbocycles. The molecule has 0 aliphatic carbocycles. The Bertz CT molecular complexity index is 917. The lowest BCUT2D eigenvalue weighted by atomic mass is 9.66. The molecule has 0 saturated carbocycles. The summed E-state index contributed by atoms with van der Waals surface area (Å²) in [4.78, 5) is 51.8. The van der Waals surface area contributed by atoms with Gasteiger partial charge in [0.25, 0.3) is 5.69 Å². The minimum Gasteiger partial charge on any atom is -0.372 e. The summed E-state index contributed by atoms with van der Waals surface area (Å²) in [6.45, 7) is 4.10. The summed E-state index contributed by atoms with van der Waals surface area (Å²) in [5, 5.41) is 13.5. The van der Waals surface area contributed by atoms with Crippen LogP contribution in [-0.2, 0) is 20.7 Å². The van der Waals surface area contributed by atoms with E-state index in [0.29, 0.717) is 12.1 Å². The largest absolute Gasteiger partial charge is 0.372 e. The predicted octanol–water partition coefficient (Wildman–Crippen LogP) is 0.828. The van der Waals surface area contributed by atoms with Gasteiger partial charge in [0.05, 0.1) is 23.2 Å². The van der Waals surface area contributed by atoms with Crippen molar-refractivity contribution in [1.29, 1.82) is 0 Å². The van der Waals surface area contributed by atoms with Crippen LogP contribution in [-0.4, -0.2) is 59.5 Å². The Hall–Kier alpha value is -3.01. The SMILES string of the molecule is C[C@@H]1CN2c3ccc([N+](=O)[O-])cc3C[C@]3(C(=O)NC(=O)N(C)C3=O)[C@@H]2[C@@H](C)O1. The number of carbonyl (C=O) groups is 3. The molecule has 10 nitrogen and oxygen atoms in total. The normalized spacial score (nSPS) is 32.1. The van der Waals surface area contributed by atoms with Crippen molar-refractivity contribution in [3.8, 4) is 0 Å². The molecular formula is C18H20N4O6. The van der Waals surface area contributed by atoms with Crippen molar-refractivity contribution in [2.75, 3.05) is 18.5 Å². The number of anilines is 1. The molecule has 0 bridgehead atoms. The van der Waals surface area contributed by atoms with E-state index in [0.717, 1.165) is 10.6 Å². The number of urea groups is 1. The van der Waals surface area contributed by atoms with E-state index < -0.39 is 40.3 Å². The Morgan fingerprint density at radius 3 is 2.68 bits per heavy atom. The molecule has 4 atom stereocenters. The van der Waals surface area contributed by atoms with E-state index in [2.05, 4.69) is 5.32 Å². The van der Waals surface area contributed by atoms with E-state index in [4.69, 9.17) is 4.74 Å². The first kappa shape index (κ1) is 18.4. The van der Waals surface area contributed by atoms with Crippen LogP contribution in [0.2, 0.25) is 0 Å². The molecule has 1 N–H and O–H groups in total. The van der Waals surface area contributed by atoms with Crippen LogP contribution < -0.4 is 10.2 Å². The van der Waals surface area contributed by atoms with Gasteiger partial charge in [0.2, 0.25) is 11.8 Å². The molecule has 3 aliphatic heterocycles. The molecule has 0 radical (unpaired) electrons. The van der Waals surface area contributed by atoms with Crippen LogP contribution in [0, 0.1) is 15.5 Å². The van der Waals surface area contributed by atoms with Gasteiger partial charge in [-0.25, -0.2) is 4.79 Å². The minimum absolute atomic E-state index is 0.0461. The monoisotopic (exact) mass is 388 g/mol. The number of carbonyl (C=O) groups excluding carboxylic acids is 3. The van der Waals surface area contributed by atoms with Crippen molar-refractivity contribution in [3.63, 3.8) is 0 Å². The average molecular weight is 388 g/mol. The standard InChI is InChI=1S/C18H20N4O6/c1-9-8-21-13-5-4-12(22(26)27)6-11(13)7-18(14(21)10(2)28-9)15(23)19-17(25)20(3)16(18)24/h4-6,9-10,14H,7-8H2,1-3H3,(H,19,23,25)/t9-,10-,14+,18-/m1/s1. The van der Waals surface area contributed by atoms with Crippen LogP contribution in [0.15, 0.2) is 18.2 Å². The third kappa shape index (κ3) is 2.34. The Kier molecular flexibility index (Phi) is 3.93. The fourth-order valence-electron chi connectivity index (χ4n) is 4.75. The minimum atomic E-state index is -1.61. The van der Waals surface area contributed by atoms with Gasteiger partial charge in [-0.1, -0.05) is 0 Å². The van der Waals surface area contributed by atoms with Gasteiger partial charge >= 0.3 is 6.03 Å². The highest BCUT2D eigenvalue weighted by molar-refractivity contribution is 6.20. The van der Waals surface area contributed by atoms with Crippen molar-refractivity contribution in [2.24, 2.45) is 5.41 Å². The van der Waals surface area contributed by atoms with Gasteiger partial charge in [0.15, 0.2) is 5.41 Å². The van der Waals surface area contributed by atoms with Gasteiger partial charge in [-0.3, -0.25) is 29.9 Å². The number of amides is 4. The quantitative estimate of drug-likeness (QED) is 0.429. The molecule has 4 rings (SSSR count). The highest BCUT2D eigenvalue weighted by Gasteiger charge is 2.64. The van der Waals surface area contributed by atoms with Crippen LogP contribution in [0.4, 0.5) is 16.2 Å². The van der Waals surface area contributed by atoms with Crippen LogP contribution in [0.25, 0.3) is 0 Å². The summed E-state index contributed by atoms with van der Waals surface area (Å²) in [6, 6.07) is 3.04. The summed E-state index contributed by atoms with van der Waals surface area (Å²) in [5.74, 6) is -1.32. The number of morpholine rings is 1. The molecule has 1 aromatic rings. The van der Waals surface area contributed by atoms with Gasteiger partial charge < -0.3 is 9.64 Å². The first-order chi connectivity index (χ1) is 13.2. The molecule has 10 heteroatoms. The molecule has 1 spiro atoms. The fraction of sp³-hybridized carbons (Fsp3) is 0.500. The molecule has 28 heavy (non-hydrogen) atoms. The number of hydrogen-bond donors (Lipinski definition) is 1. The number of barbiturate groups is 1. The number of non-ortho nitro benzene ring substituents is 1.